The summed E-state index contributed by atoms with van der Waals surface area (Å²) in [4.78, 5) is 26.0. The number of hydrogen-bond donors (Lipinski definition) is 1. The Balaban J connectivity index is 1.92. The number of ether oxygens (including phenoxy) is 1. The van der Waals surface area contributed by atoms with Crippen molar-refractivity contribution in [2.75, 3.05) is 13.2 Å². The molecule has 5 nitrogen and oxygen atoms in total. The summed E-state index contributed by atoms with van der Waals surface area (Å²) in [7, 11) is 0. The van der Waals surface area contributed by atoms with Gasteiger partial charge in [0.05, 0.1) is 12.5 Å². The van der Waals surface area contributed by atoms with E-state index in [1.807, 2.05) is 24.3 Å². The fraction of sp³-hybridized carbons (Fsp3) is 0.500. The molecular weight excluding hydrogens is 270 g/mol. The molecule has 1 amide bonds. The van der Waals surface area contributed by atoms with Crippen molar-refractivity contribution >= 4 is 11.9 Å². The molecule has 0 radical (unpaired) electrons. The monoisotopic (exact) mass is 289 g/mol. The second-order valence-corrected chi connectivity index (χ2v) is 5.90. The second-order valence-electron chi connectivity index (χ2n) is 5.90. The van der Waals surface area contributed by atoms with E-state index in [0.717, 1.165) is 17.7 Å². The summed E-state index contributed by atoms with van der Waals surface area (Å²) in [6, 6.07) is 7.51. The van der Waals surface area contributed by atoms with Crippen LogP contribution in [0.15, 0.2) is 24.3 Å². The van der Waals surface area contributed by atoms with E-state index in [2.05, 4.69) is 0 Å². The van der Waals surface area contributed by atoms with Crippen molar-refractivity contribution in [3.8, 4) is 5.75 Å². The first-order valence-corrected chi connectivity index (χ1v) is 7.30. The highest BCUT2D eigenvalue weighted by Gasteiger charge is 2.48. The van der Waals surface area contributed by atoms with Crippen LogP contribution in [-0.2, 0) is 9.59 Å². The highest BCUT2D eigenvalue weighted by Crippen LogP contribution is 2.38. The summed E-state index contributed by atoms with van der Waals surface area (Å²) < 4.78 is 5.58. The lowest BCUT2D eigenvalue weighted by atomic mass is 9.90. The molecule has 2 atom stereocenters. The molecule has 1 aromatic rings. The summed E-state index contributed by atoms with van der Waals surface area (Å²) in [5, 5.41) is 9.47. The van der Waals surface area contributed by atoms with Crippen molar-refractivity contribution in [2.24, 2.45) is 0 Å². The molecule has 0 aromatic heterocycles. The Morgan fingerprint density at radius 2 is 2.14 bits per heavy atom. The van der Waals surface area contributed by atoms with Crippen LogP contribution in [0.1, 0.15) is 37.7 Å². The number of likely N-dealkylation sites (tertiary alicyclic amines) is 1. The van der Waals surface area contributed by atoms with Gasteiger partial charge in [-0.15, -0.1) is 0 Å². The molecule has 3 rings (SSSR count). The minimum Gasteiger partial charge on any atom is -0.493 e. The molecule has 1 fully saturated rings. The lowest BCUT2D eigenvalue weighted by Gasteiger charge is -2.35. The van der Waals surface area contributed by atoms with Crippen molar-refractivity contribution in [1.82, 2.24) is 4.90 Å². The Morgan fingerprint density at radius 3 is 2.90 bits per heavy atom. The quantitative estimate of drug-likeness (QED) is 0.904. The summed E-state index contributed by atoms with van der Waals surface area (Å²) in [5.74, 6) is -0.577. The zero-order chi connectivity index (χ0) is 15.0. The van der Waals surface area contributed by atoms with Crippen molar-refractivity contribution in [2.45, 2.75) is 37.6 Å². The van der Waals surface area contributed by atoms with Crippen molar-refractivity contribution in [1.29, 1.82) is 0 Å². The summed E-state index contributed by atoms with van der Waals surface area (Å²) in [6.07, 6.45) is 1.85. The van der Waals surface area contributed by atoms with Gasteiger partial charge in [-0.1, -0.05) is 18.2 Å². The smallest absolute Gasteiger partial charge is 0.329 e. The summed E-state index contributed by atoms with van der Waals surface area (Å²) in [6.45, 7) is 2.65. The van der Waals surface area contributed by atoms with Gasteiger partial charge in [0.25, 0.3) is 0 Å². The normalized spacial score (nSPS) is 27.9. The van der Waals surface area contributed by atoms with Gasteiger partial charge in [0.2, 0.25) is 5.91 Å². The predicted octanol–water partition coefficient (Wildman–Crippen LogP) is 2.02. The highest BCUT2D eigenvalue weighted by atomic mass is 16.5. The molecule has 0 bridgehead atoms. The lowest BCUT2D eigenvalue weighted by molar-refractivity contribution is -0.156. The van der Waals surface area contributed by atoms with Gasteiger partial charge in [-0.3, -0.25) is 4.79 Å². The Labute approximate surface area is 123 Å². The van der Waals surface area contributed by atoms with Gasteiger partial charge >= 0.3 is 5.97 Å². The van der Waals surface area contributed by atoms with Crippen molar-refractivity contribution in [3.63, 3.8) is 0 Å². The molecule has 2 unspecified atom stereocenters. The van der Waals surface area contributed by atoms with Gasteiger partial charge in [-0.2, -0.15) is 0 Å². The number of aliphatic carboxylic acids is 1. The molecule has 0 saturated carbocycles. The van der Waals surface area contributed by atoms with Gasteiger partial charge in [0.1, 0.15) is 11.3 Å². The number of carbonyl (C=O) groups excluding carboxylic acids is 1. The predicted molar refractivity (Wildman–Crippen MR) is 76.3 cm³/mol. The molecular formula is C16H19NO4. The number of carboxylic acid groups (broad SMARTS) is 1. The van der Waals surface area contributed by atoms with Crippen LogP contribution < -0.4 is 4.74 Å². The fourth-order valence-electron chi connectivity index (χ4n) is 3.33. The summed E-state index contributed by atoms with van der Waals surface area (Å²) >= 11 is 0. The topological polar surface area (TPSA) is 66.8 Å². The molecule has 0 aliphatic carbocycles. The number of para-hydroxylation sites is 1. The first-order valence-electron chi connectivity index (χ1n) is 7.30. The fourth-order valence-corrected chi connectivity index (χ4v) is 3.33. The third kappa shape index (κ3) is 2.17. The molecule has 0 spiro atoms. The second kappa shape index (κ2) is 5.06. The van der Waals surface area contributed by atoms with E-state index in [1.54, 1.807) is 11.8 Å². The molecule has 1 saturated heterocycles. The van der Waals surface area contributed by atoms with Gasteiger partial charge in [-0.05, 0) is 32.3 Å². The largest absolute Gasteiger partial charge is 0.493 e. The third-order valence-electron chi connectivity index (χ3n) is 4.62. The number of carboxylic acids is 1. The number of benzene rings is 1. The van der Waals surface area contributed by atoms with E-state index < -0.39 is 11.5 Å². The van der Waals surface area contributed by atoms with E-state index in [4.69, 9.17) is 4.74 Å². The Hall–Kier alpha value is -2.04. The maximum absolute atomic E-state index is 12.9. The minimum atomic E-state index is -1.08. The van der Waals surface area contributed by atoms with Crippen LogP contribution in [0.25, 0.3) is 0 Å². The van der Waals surface area contributed by atoms with Crippen LogP contribution >= 0.6 is 0 Å². The number of carbonyl (C=O) groups is 2. The minimum absolute atomic E-state index is 0.0897. The zero-order valence-corrected chi connectivity index (χ0v) is 12.0. The highest BCUT2D eigenvalue weighted by molar-refractivity contribution is 5.91. The van der Waals surface area contributed by atoms with Crippen molar-refractivity contribution < 1.29 is 19.4 Å². The van der Waals surface area contributed by atoms with E-state index >= 15 is 0 Å². The Kier molecular flexibility index (Phi) is 3.35. The number of nitrogens with zero attached hydrogens (tertiary/aromatic N) is 1. The SMILES string of the molecule is CC1(C(=O)O)CCCN1C(=O)C1CCOc2ccccc21. The molecule has 112 valence electrons. The standard InChI is InChI=1S/C16H19NO4/c1-16(15(19)20)8-4-9-17(16)14(18)12-7-10-21-13-6-3-2-5-11(12)13/h2-3,5-6,12H,4,7-10H2,1H3,(H,19,20). The van der Waals surface area contributed by atoms with Crippen LogP contribution in [0, 0.1) is 0 Å². The van der Waals surface area contributed by atoms with Crippen LogP contribution in [0.4, 0.5) is 0 Å². The molecule has 1 aromatic carbocycles. The maximum Gasteiger partial charge on any atom is 0.329 e. The molecule has 1 N–H and O–H groups in total. The van der Waals surface area contributed by atoms with Crippen molar-refractivity contribution in [3.05, 3.63) is 29.8 Å². The summed E-state index contributed by atoms with van der Waals surface area (Å²) in [5.41, 5.74) is -0.210. The van der Waals surface area contributed by atoms with Crippen LogP contribution in [0.5, 0.6) is 5.75 Å². The van der Waals surface area contributed by atoms with E-state index in [9.17, 15) is 14.7 Å². The van der Waals surface area contributed by atoms with Crippen LogP contribution in [0.2, 0.25) is 0 Å². The average Bonchev–Trinajstić information content (AvgIpc) is 2.89. The van der Waals surface area contributed by atoms with E-state index in [1.165, 1.54) is 0 Å². The lowest BCUT2D eigenvalue weighted by Crippen LogP contribution is -2.52. The third-order valence-corrected chi connectivity index (χ3v) is 4.62. The number of hydrogen-bond acceptors (Lipinski definition) is 3. The molecule has 21 heavy (non-hydrogen) atoms. The maximum atomic E-state index is 12.9. The van der Waals surface area contributed by atoms with E-state index in [0.29, 0.717) is 26.0 Å². The van der Waals surface area contributed by atoms with Gasteiger partial charge < -0.3 is 14.7 Å². The zero-order valence-electron chi connectivity index (χ0n) is 12.0. The van der Waals surface area contributed by atoms with Crippen LogP contribution in [0.3, 0.4) is 0 Å². The first-order chi connectivity index (χ1) is 10.0. The van der Waals surface area contributed by atoms with Gasteiger partial charge in [-0.25, -0.2) is 4.79 Å². The van der Waals surface area contributed by atoms with Crippen LogP contribution in [-0.4, -0.2) is 40.6 Å². The molecule has 2 heterocycles. The average molecular weight is 289 g/mol. The van der Waals surface area contributed by atoms with Gasteiger partial charge in [0.15, 0.2) is 0 Å². The van der Waals surface area contributed by atoms with Gasteiger partial charge in [0, 0.05) is 12.1 Å². The Morgan fingerprint density at radius 1 is 1.38 bits per heavy atom. The number of amides is 1. The van der Waals surface area contributed by atoms with E-state index in [-0.39, 0.29) is 11.8 Å². The Bertz CT molecular complexity index is 585. The molecule has 2 aliphatic heterocycles. The molecule has 2 aliphatic rings. The molecule has 5 heteroatoms. The number of rotatable bonds is 2. The number of fused-ring (bicyclic) bond motifs is 1. The first kappa shape index (κ1) is 13.9.